The number of carbonyl (C=O) groups excluding carboxylic acids is 2. The molecule has 0 unspecified atom stereocenters. The van der Waals surface area contributed by atoms with Gasteiger partial charge in [-0.25, -0.2) is 0 Å². The van der Waals surface area contributed by atoms with Crippen molar-refractivity contribution in [3.63, 3.8) is 0 Å². The van der Waals surface area contributed by atoms with E-state index >= 15 is 0 Å². The van der Waals surface area contributed by atoms with Crippen molar-refractivity contribution in [3.8, 4) is 5.75 Å². The minimum absolute atomic E-state index is 0.0302. The molecule has 0 spiro atoms. The first-order chi connectivity index (χ1) is 13.5. The van der Waals surface area contributed by atoms with Crippen LogP contribution in [0.4, 0.5) is 5.69 Å². The molecule has 1 fully saturated rings. The maximum atomic E-state index is 12.6. The van der Waals surface area contributed by atoms with Crippen molar-refractivity contribution in [1.82, 2.24) is 10.2 Å². The number of piperidine rings is 1. The standard InChI is InChI=1S/C21H24ClN3O3/c1-28-19-8-7-15(22)13-18(19)21(27)24-17-9-11-25(12-10-17)14-20(26)23-16-5-3-2-4-6-16/h2-8,13,17H,9-12,14H2,1H3,(H,23,26)(H,24,27). The van der Waals surface area contributed by atoms with Crippen LogP contribution in [0.2, 0.25) is 5.02 Å². The molecule has 6 nitrogen and oxygen atoms in total. The van der Waals surface area contributed by atoms with E-state index in [1.54, 1.807) is 18.2 Å². The van der Waals surface area contributed by atoms with Crippen LogP contribution in [-0.4, -0.2) is 49.5 Å². The number of para-hydroxylation sites is 1. The molecule has 28 heavy (non-hydrogen) atoms. The number of carbonyl (C=O) groups is 2. The molecule has 2 N–H and O–H groups in total. The van der Waals surface area contributed by atoms with Gasteiger partial charge >= 0.3 is 0 Å². The van der Waals surface area contributed by atoms with Gasteiger partial charge in [0.1, 0.15) is 5.75 Å². The van der Waals surface area contributed by atoms with Crippen LogP contribution in [0.3, 0.4) is 0 Å². The lowest BCUT2D eigenvalue weighted by Crippen LogP contribution is -2.46. The largest absolute Gasteiger partial charge is 0.496 e. The van der Waals surface area contributed by atoms with Crippen molar-refractivity contribution in [2.24, 2.45) is 0 Å². The zero-order valence-corrected chi connectivity index (χ0v) is 16.5. The van der Waals surface area contributed by atoms with E-state index in [1.165, 1.54) is 7.11 Å². The molecule has 0 aromatic heterocycles. The van der Waals surface area contributed by atoms with E-state index in [0.717, 1.165) is 31.6 Å². The number of methoxy groups -OCH3 is 1. The third-order valence-corrected chi connectivity index (χ3v) is 4.99. The van der Waals surface area contributed by atoms with E-state index in [9.17, 15) is 9.59 Å². The van der Waals surface area contributed by atoms with Crippen LogP contribution in [0.25, 0.3) is 0 Å². The average molecular weight is 402 g/mol. The molecule has 1 aliphatic rings. The summed E-state index contributed by atoms with van der Waals surface area (Å²) in [6.07, 6.45) is 1.57. The van der Waals surface area contributed by atoms with Gasteiger partial charge in [0.25, 0.3) is 5.91 Å². The molecule has 1 aliphatic heterocycles. The third kappa shape index (κ3) is 5.47. The van der Waals surface area contributed by atoms with Gasteiger partial charge in [-0.2, -0.15) is 0 Å². The second-order valence-electron chi connectivity index (χ2n) is 6.78. The Balaban J connectivity index is 1.47. The Morgan fingerprint density at radius 3 is 2.54 bits per heavy atom. The summed E-state index contributed by atoms with van der Waals surface area (Å²) in [7, 11) is 1.53. The van der Waals surface area contributed by atoms with E-state index in [4.69, 9.17) is 16.3 Å². The molecule has 1 heterocycles. The fourth-order valence-electron chi connectivity index (χ4n) is 3.28. The van der Waals surface area contributed by atoms with Gasteiger partial charge in [0.05, 0.1) is 19.2 Å². The van der Waals surface area contributed by atoms with E-state index < -0.39 is 0 Å². The van der Waals surface area contributed by atoms with Crippen molar-refractivity contribution < 1.29 is 14.3 Å². The van der Waals surface area contributed by atoms with Gasteiger partial charge in [-0.05, 0) is 43.2 Å². The number of nitrogens with one attached hydrogen (secondary N) is 2. The number of nitrogens with zero attached hydrogens (tertiary/aromatic N) is 1. The molecule has 2 amide bonds. The average Bonchev–Trinajstić information content (AvgIpc) is 2.70. The number of amides is 2. The lowest BCUT2D eigenvalue weighted by Gasteiger charge is -2.32. The molecule has 0 saturated carbocycles. The molecule has 148 valence electrons. The van der Waals surface area contributed by atoms with Crippen molar-refractivity contribution in [1.29, 1.82) is 0 Å². The van der Waals surface area contributed by atoms with Crippen LogP contribution in [0.5, 0.6) is 5.75 Å². The molecule has 0 aliphatic carbocycles. The molecule has 7 heteroatoms. The summed E-state index contributed by atoms with van der Waals surface area (Å²) in [5.41, 5.74) is 1.23. The van der Waals surface area contributed by atoms with Crippen LogP contribution < -0.4 is 15.4 Å². The Kier molecular flexibility index (Phi) is 6.90. The number of ether oxygens (including phenoxy) is 1. The predicted octanol–water partition coefficient (Wildman–Crippen LogP) is 3.18. The fraction of sp³-hybridized carbons (Fsp3) is 0.333. The Hall–Kier alpha value is -2.57. The molecule has 2 aromatic carbocycles. The minimum atomic E-state index is -0.195. The van der Waals surface area contributed by atoms with E-state index in [1.807, 2.05) is 30.3 Å². The molecule has 1 saturated heterocycles. The van der Waals surface area contributed by atoms with Crippen molar-refractivity contribution >= 4 is 29.1 Å². The highest BCUT2D eigenvalue weighted by Gasteiger charge is 2.23. The monoisotopic (exact) mass is 401 g/mol. The quantitative estimate of drug-likeness (QED) is 0.779. The smallest absolute Gasteiger partial charge is 0.255 e. The Labute approximate surface area is 169 Å². The summed E-state index contributed by atoms with van der Waals surface area (Å²) in [4.78, 5) is 26.9. The summed E-state index contributed by atoms with van der Waals surface area (Å²) in [5.74, 6) is 0.272. The summed E-state index contributed by atoms with van der Waals surface area (Å²) in [6.45, 7) is 1.84. The third-order valence-electron chi connectivity index (χ3n) is 4.75. The van der Waals surface area contributed by atoms with E-state index in [2.05, 4.69) is 15.5 Å². The summed E-state index contributed by atoms with van der Waals surface area (Å²) >= 11 is 6.01. The van der Waals surface area contributed by atoms with Crippen molar-refractivity contribution in [2.45, 2.75) is 18.9 Å². The normalized spacial score (nSPS) is 15.1. The lowest BCUT2D eigenvalue weighted by atomic mass is 10.0. The molecule has 0 atom stereocenters. The van der Waals surface area contributed by atoms with Crippen LogP contribution in [0.1, 0.15) is 23.2 Å². The molecule has 0 radical (unpaired) electrons. The summed E-state index contributed by atoms with van der Waals surface area (Å²) < 4.78 is 5.25. The van der Waals surface area contributed by atoms with E-state index in [-0.39, 0.29) is 17.9 Å². The van der Waals surface area contributed by atoms with Crippen molar-refractivity contribution in [3.05, 3.63) is 59.1 Å². The zero-order valence-electron chi connectivity index (χ0n) is 15.8. The number of benzene rings is 2. The first-order valence-electron chi connectivity index (χ1n) is 9.27. The maximum absolute atomic E-state index is 12.6. The minimum Gasteiger partial charge on any atom is -0.496 e. The van der Waals surface area contributed by atoms with Gasteiger partial charge in [-0.3, -0.25) is 14.5 Å². The molecular formula is C21H24ClN3O3. The van der Waals surface area contributed by atoms with Crippen LogP contribution in [-0.2, 0) is 4.79 Å². The number of halogens is 1. The Bertz CT molecular complexity index is 821. The fourth-order valence-corrected chi connectivity index (χ4v) is 3.45. The van der Waals surface area contributed by atoms with Gasteiger partial charge in [-0.15, -0.1) is 0 Å². The van der Waals surface area contributed by atoms with Gasteiger partial charge in [0.15, 0.2) is 0 Å². The highest BCUT2D eigenvalue weighted by molar-refractivity contribution is 6.31. The zero-order chi connectivity index (χ0) is 19.9. The lowest BCUT2D eigenvalue weighted by molar-refractivity contribution is -0.117. The number of rotatable bonds is 6. The number of anilines is 1. The second-order valence-corrected chi connectivity index (χ2v) is 7.22. The summed E-state index contributed by atoms with van der Waals surface area (Å²) in [6, 6.07) is 14.5. The summed E-state index contributed by atoms with van der Waals surface area (Å²) in [5, 5.41) is 6.43. The second kappa shape index (κ2) is 9.57. The molecule has 0 bridgehead atoms. The molecular weight excluding hydrogens is 378 g/mol. The maximum Gasteiger partial charge on any atom is 0.255 e. The first kappa shape index (κ1) is 20.2. The molecule has 3 rings (SSSR count). The van der Waals surface area contributed by atoms with Crippen molar-refractivity contribution in [2.75, 3.05) is 32.1 Å². The Morgan fingerprint density at radius 1 is 1.14 bits per heavy atom. The van der Waals surface area contributed by atoms with Crippen LogP contribution in [0.15, 0.2) is 48.5 Å². The van der Waals surface area contributed by atoms with Crippen LogP contribution >= 0.6 is 11.6 Å². The number of likely N-dealkylation sites (tertiary alicyclic amines) is 1. The van der Waals surface area contributed by atoms with Crippen LogP contribution in [0, 0.1) is 0 Å². The van der Waals surface area contributed by atoms with E-state index in [0.29, 0.717) is 22.9 Å². The topological polar surface area (TPSA) is 70.7 Å². The highest BCUT2D eigenvalue weighted by atomic mass is 35.5. The molecule has 2 aromatic rings. The SMILES string of the molecule is COc1ccc(Cl)cc1C(=O)NC1CCN(CC(=O)Nc2ccccc2)CC1. The highest BCUT2D eigenvalue weighted by Crippen LogP contribution is 2.23. The predicted molar refractivity (Wildman–Crippen MR) is 110 cm³/mol. The van der Waals surface area contributed by atoms with Gasteiger partial charge in [0, 0.05) is 29.8 Å². The van der Waals surface area contributed by atoms with Gasteiger partial charge < -0.3 is 15.4 Å². The van der Waals surface area contributed by atoms with Gasteiger partial charge in [-0.1, -0.05) is 29.8 Å². The Morgan fingerprint density at radius 2 is 1.86 bits per heavy atom. The number of hydrogen-bond acceptors (Lipinski definition) is 4. The first-order valence-corrected chi connectivity index (χ1v) is 9.64. The van der Waals surface area contributed by atoms with Gasteiger partial charge in [0.2, 0.25) is 5.91 Å². The number of hydrogen-bond donors (Lipinski definition) is 2.